The Morgan fingerprint density at radius 3 is 2.09 bits per heavy atom. The number of aromatic hydroxyl groups is 1. The van der Waals surface area contributed by atoms with Crippen LogP contribution in [-0.2, 0) is 64.0 Å². The molecule has 2 rings (SSSR count). The number of amides is 8. The van der Waals surface area contributed by atoms with Crippen molar-refractivity contribution in [1.29, 1.82) is 0 Å². The highest BCUT2D eigenvalue weighted by atomic mass is 16.3. The maximum atomic E-state index is 14.1. The Morgan fingerprint density at radius 1 is 0.862 bits per heavy atom. The predicted octanol–water partition coefficient (Wildman–Crippen LogP) is -2.68. The number of carbonyl (C=O) groups is 12. The molecule has 1 fully saturated rings. The molecular weight excluding hydrogens is 851 g/mol. The van der Waals surface area contributed by atoms with Crippen molar-refractivity contribution in [1.82, 2.24) is 26.2 Å². The average Bonchev–Trinajstić information content (AvgIpc) is 3.24. The molecule has 0 spiro atoms. The van der Waals surface area contributed by atoms with Crippen LogP contribution in [0.2, 0.25) is 0 Å². The monoisotopic (exact) mass is 913 g/mol. The second-order valence-corrected chi connectivity index (χ2v) is 16.5. The third-order valence-electron chi connectivity index (χ3n) is 11.1. The van der Waals surface area contributed by atoms with Crippen molar-refractivity contribution < 1.29 is 62.6 Å². The van der Waals surface area contributed by atoms with E-state index in [0.717, 1.165) is 4.90 Å². The minimum Gasteiger partial charge on any atom is -0.508 e. The van der Waals surface area contributed by atoms with Crippen LogP contribution >= 0.6 is 0 Å². The zero-order valence-corrected chi connectivity index (χ0v) is 37.1. The van der Waals surface area contributed by atoms with Gasteiger partial charge in [0.05, 0.1) is 44.1 Å². The number of Topliss-reactive ketones (excluding diaryl/α,β-unsaturated/α-hetero) is 4. The molecule has 7 atom stereocenters. The summed E-state index contributed by atoms with van der Waals surface area (Å²) in [6.45, 7) is 1.53. The van der Waals surface area contributed by atoms with Gasteiger partial charge in [0.2, 0.25) is 47.3 Å². The van der Waals surface area contributed by atoms with E-state index in [-0.39, 0.29) is 38.0 Å². The summed E-state index contributed by atoms with van der Waals surface area (Å²) in [5.74, 6) is -14.7. The molecule has 1 aromatic rings. The summed E-state index contributed by atoms with van der Waals surface area (Å²) >= 11 is 0. The number of nitrogens with zero attached hydrogens (tertiary/aromatic N) is 1. The molecule has 0 aromatic heterocycles. The van der Waals surface area contributed by atoms with Gasteiger partial charge in [-0.05, 0) is 42.9 Å². The molecule has 22 nitrogen and oxygen atoms in total. The van der Waals surface area contributed by atoms with Gasteiger partial charge in [-0.3, -0.25) is 57.5 Å². The van der Waals surface area contributed by atoms with E-state index in [1.807, 2.05) is 0 Å². The van der Waals surface area contributed by atoms with E-state index in [2.05, 4.69) is 21.3 Å². The van der Waals surface area contributed by atoms with Crippen molar-refractivity contribution in [3.8, 4) is 5.75 Å². The molecule has 65 heavy (non-hydrogen) atoms. The van der Waals surface area contributed by atoms with Crippen molar-refractivity contribution in [3.63, 3.8) is 0 Å². The van der Waals surface area contributed by atoms with Gasteiger partial charge in [0, 0.05) is 69.9 Å². The minimum absolute atomic E-state index is 0.0126. The minimum atomic E-state index is -1.67. The lowest BCUT2D eigenvalue weighted by Crippen LogP contribution is -2.50. The fourth-order valence-electron chi connectivity index (χ4n) is 7.20. The molecule has 0 saturated carbocycles. The summed E-state index contributed by atoms with van der Waals surface area (Å²) in [5.41, 5.74) is 22.2. The zero-order chi connectivity index (χ0) is 49.0. The topological polar surface area (TPSA) is 381 Å². The molecule has 0 radical (unpaired) electrons. The normalized spacial score (nSPS) is 21.7. The lowest BCUT2D eigenvalue weighted by atomic mass is 9.86. The number of hydrogen-bond donors (Lipinski definition) is 9. The van der Waals surface area contributed by atoms with E-state index in [1.165, 1.54) is 19.2 Å². The molecule has 0 unspecified atom stereocenters. The number of rotatable bonds is 18. The van der Waals surface area contributed by atoms with Crippen LogP contribution in [0.3, 0.4) is 0 Å². The highest BCUT2D eigenvalue weighted by Gasteiger charge is 2.36. The van der Waals surface area contributed by atoms with Crippen LogP contribution in [0.25, 0.3) is 0 Å². The molecule has 1 aliphatic rings. The molecule has 0 aliphatic carbocycles. The van der Waals surface area contributed by atoms with Crippen molar-refractivity contribution in [2.45, 2.75) is 96.6 Å². The summed E-state index contributed by atoms with van der Waals surface area (Å²) in [4.78, 5) is 158. The number of hydrogen-bond acceptors (Lipinski definition) is 14. The largest absolute Gasteiger partial charge is 0.508 e. The second kappa shape index (κ2) is 26.9. The van der Waals surface area contributed by atoms with Crippen LogP contribution in [0, 0.1) is 29.6 Å². The molecule has 1 aromatic carbocycles. The smallest absolute Gasteiger partial charge is 0.236 e. The third-order valence-corrected chi connectivity index (χ3v) is 11.1. The Morgan fingerprint density at radius 2 is 1.51 bits per heavy atom. The molecule has 1 aliphatic heterocycles. The van der Waals surface area contributed by atoms with Gasteiger partial charge in [0.15, 0.2) is 23.1 Å². The van der Waals surface area contributed by atoms with Gasteiger partial charge in [-0.25, -0.2) is 0 Å². The Balaban J connectivity index is 2.58. The van der Waals surface area contributed by atoms with Crippen LogP contribution in [-0.4, -0.2) is 126 Å². The van der Waals surface area contributed by atoms with E-state index in [0.29, 0.717) is 12.0 Å². The first-order valence-corrected chi connectivity index (χ1v) is 21.4. The predicted molar refractivity (Wildman–Crippen MR) is 231 cm³/mol. The van der Waals surface area contributed by atoms with E-state index in [1.54, 1.807) is 26.0 Å². The van der Waals surface area contributed by atoms with Crippen molar-refractivity contribution in [2.24, 2.45) is 52.5 Å². The number of phenolic OH excluding ortho intramolecular Hbond substituents is 1. The van der Waals surface area contributed by atoms with Crippen LogP contribution in [0.15, 0.2) is 24.3 Å². The number of phenols is 1. The van der Waals surface area contributed by atoms with Gasteiger partial charge in [-0.15, -0.1) is 0 Å². The molecule has 1 heterocycles. The number of primary amides is 3. The fourth-order valence-corrected chi connectivity index (χ4v) is 7.20. The highest BCUT2D eigenvalue weighted by molar-refractivity contribution is 5.99. The van der Waals surface area contributed by atoms with Crippen LogP contribution in [0.4, 0.5) is 0 Å². The van der Waals surface area contributed by atoms with Crippen LogP contribution in [0.5, 0.6) is 5.75 Å². The molecule has 358 valence electrons. The maximum absolute atomic E-state index is 14.1. The van der Waals surface area contributed by atoms with E-state index in [9.17, 15) is 62.6 Å². The van der Waals surface area contributed by atoms with Crippen molar-refractivity contribution >= 4 is 70.4 Å². The molecular formula is C43H63N9O13. The van der Waals surface area contributed by atoms with Crippen LogP contribution < -0.4 is 44.2 Å². The Bertz CT molecular complexity index is 1940. The number of benzene rings is 1. The Labute approximate surface area is 376 Å². The molecule has 22 heteroatoms. The summed E-state index contributed by atoms with van der Waals surface area (Å²) in [6.07, 6.45) is -3.93. The first-order chi connectivity index (χ1) is 30.5. The number of nitrogens with two attached hydrogens (primary N) is 4. The second-order valence-electron chi connectivity index (χ2n) is 16.5. The SMILES string of the molecule is CC[C@H](C)[C@@H]1NC(=O)[C@H](Cc2ccc(O)cc2)CC(=O)CNC(=O)CC[C@@H](C(=O)N(C)CC(=O)C[C@@H](CN)C(=O)NCC(N)=O)CC(=O)[C@H](CC(N)=O)NC(=O)[C@H](CCC(N)=O)CC1=O. The first-order valence-electron chi connectivity index (χ1n) is 21.4. The van der Waals surface area contributed by atoms with Gasteiger partial charge in [-0.2, -0.15) is 0 Å². The van der Waals surface area contributed by atoms with E-state index >= 15 is 0 Å². The van der Waals surface area contributed by atoms with Gasteiger partial charge in [0.25, 0.3) is 0 Å². The van der Waals surface area contributed by atoms with E-state index < -0.39 is 170 Å². The standard InChI is InChI=1S/C43H63N9O13/c1-4-23(2)39-34(57)16-25(7-11-35(45)58)41(63)50-32(18-36(46)59)33(56)17-26(43(65)52(3)22-31(55)15-28(19-44)40(62)49-21-37(47)60)8-12-38(61)48-20-30(54)14-27(42(64)51-39)13-24-5-9-29(53)10-6-24/h5-6,9-10,23,25-28,32,39,53H,4,7-8,11-22,44H2,1-3H3,(H2,45,58)(H2,46,59)(H2,47,60)(H,48,61)(H,49,62)(H,50,63)(H,51,64)/t23-,25+,26+,27+,28-,32-,39-/m0/s1. The lowest BCUT2D eigenvalue weighted by molar-refractivity contribution is -0.141. The van der Waals surface area contributed by atoms with Crippen LogP contribution in [0.1, 0.15) is 83.6 Å². The maximum Gasteiger partial charge on any atom is 0.236 e. The number of nitrogens with one attached hydrogen (secondary N) is 4. The summed E-state index contributed by atoms with van der Waals surface area (Å²) in [6, 6.07) is 3.03. The summed E-state index contributed by atoms with van der Waals surface area (Å²) in [5, 5.41) is 19.7. The number of likely N-dealkylation sites (N-methyl/N-ethyl adjacent to an activating group) is 1. The van der Waals surface area contributed by atoms with E-state index in [4.69, 9.17) is 22.9 Å². The van der Waals surface area contributed by atoms with Gasteiger partial charge < -0.3 is 54.2 Å². The molecule has 8 amide bonds. The number of ketones is 4. The molecule has 1 saturated heterocycles. The molecule has 13 N–H and O–H groups in total. The summed E-state index contributed by atoms with van der Waals surface area (Å²) < 4.78 is 0. The zero-order valence-electron chi connectivity index (χ0n) is 37.1. The van der Waals surface area contributed by atoms with Crippen molar-refractivity contribution in [3.05, 3.63) is 29.8 Å². The average molecular weight is 914 g/mol. The quantitative estimate of drug-likeness (QED) is 0.0725. The van der Waals surface area contributed by atoms with Gasteiger partial charge in [0.1, 0.15) is 5.75 Å². The molecule has 0 bridgehead atoms. The van der Waals surface area contributed by atoms with Crippen molar-refractivity contribution in [2.75, 3.05) is 33.2 Å². The first kappa shape index (κ1) is 54.6. The van der Waals surface area contributed by atoms with Gasteiger partial charge >= 0.3 is 0 Å². The number of carbonyl (C=O) groups excluding carboxylic acids is 12. The Kier molecular flexibility index (Phi) is 22.6. The fraction of sp³-hybridized carbons (Fsp3) is 0.581. The Hall–Kier alpha value is -6.58. The third kappa shape index (κ3) is 19.4. The summed E-state index contributed by atoms with van der Waals surface area (Å²) in [7, 11) is 1.23. The lowest BCUT2D eigenvalue weighted by Gasteiger charge is -2.28. The van der Waals surface area contributed by atoms with Gasteiger partial charge in [-0.1, -0.05) is 32.4 Å². The highest BCUT2D eigenvalue weighted by Crippen LogP contribution is 2.23.